The third kappa shape index (κ3) is 2.84. The van der Waals surface area contributed by atoms with Crippen LogP contribution in [-0.4, -0.2) is 22.0 Å². The van der Waals surface area contributed by atoms with Gasteiger partial charge in [0.05, 0.1) is 11.0 Å². The smallest absolute Gasteiger partial charge is 0.399 e. The maximum Gasteiger partial charge on any atom is 0.449 e. The first-order valence-corrected chi connectivity index (χ1v) is 5.86. The van der Waals surface area contributed by atoms with Crippen LogP contribution in [0, 0.1) is 0 Å². The van der Waals surface area contributed by atoms with E-state index in [4.69, 9.17) is 5.73 Å². The van der Waals surface area contributed by atoms with E-state index >= 15 is 0 Å². The van der Waals surface area contributed by atoms with Gasteiger partial charge in [0.25, 0.3) is 0 Å². The number of benzene rings is 1. The number of alkyl halides is 3. The van der Waals surface area contributed by atoms with Crippen LogP contribution >= 0.6 is 0 Å². The standard InChI is InChI=1S/C12H13F3N4O/c1-7(20)17-4-5-19-10-3-2-8(16)6-9(10)18-11(19)12(13,14)15/h2-3,6H,4-5,16H2,1H3,(H,17,20). The SMILES string of the molecule is CC(=O)NCCn1c(C(F)(F)F)nc2cc(N)ccc21. The van der Waals surface area contributed by atoms with E-state index in [0.717, 1.165) is 4.57 Å². The van der Waals surface area contributed by atoms with Crippen LogP contribution in [0.3, 0.4) is 0 Å². The lowest BCUT2D eigenvalue weighted by molar-refractivity contribution is -0.146. The Morgan fingerprint density at radius 2 is 2.15 bits per heavy atom. The Kier molecular flexibility index (Phi) is 3.56. The minimum atomic E-state index is -4.57. The molecule has 0 radical (unpaired) electrons. The number of halogens is 3. The van der Waals surface area contributed by atoms with Crippen molar-refractivity contribution in [3.8, 4) is 0 Å². The lowest BCUT2D eigenvalue weighted by Gasteiger charge is -2.11. The molecule has 1 aromatic carbocycles. The predicted octanol–water partition coefficient (Wildman–Crippen LogP) is 1.77. The molecule has 0 spiro atoms. The van der Waals surface area contributed by atoms with Crippen molar-refractivity contribution in [1.29, 1.82) is 0 Å². The maximum atomic E-state index is 13.0. The molecule has 0 unspecified atom stereocenters. The highest BCUT2D eigenvalue weighted by molar-refractivity contribution is 5.80. The summed E-state index contributed by atoms with van der Waals surface area (Å²) in [5, 5.41) is 2.46. The van der Waals surface area contributed by atoms with Crippen molar-refractivity contribution in [1.82, 2.24) is 14.9 Å². The summed E-state index contributed by atoms with van der Waals surface area (Å²) >= 11 is 0. The highest BCUT2D eigenvalue weighted by Crippen LogP contribution is 2.31. The minimum Gasteiger partial charge on any atom is -0.399 e. The third-order valence-corrected chi connectivity index (χ3v) is 2.74. The van der Waals surface area contributed by atoms with Crippen molar-refractivity contribution in [2.45, 2.75) is 19.6 Å². The molecule has 0 fully saturated rings. The molecular formula is C12H13F3N4O. The lowest BCUT2D eigenvalue weighted by atomic mass is 10.3. The monoisotopic (exact) mass is 286 g/mol. The topological polar surface area (TPSA) is 72.9 Å². The van der Waals surface area contributed by atoms with Gasteiger partial charge in [-0.2, -0.15) is 13.2 Å². The summed E-state index contributed by atoms with van der Waals surface area (Å²) in [4.78, 5) is 14.4. The number of nitrogen functional groups attached to an aromatic ring is 1. The number of nitrogens with two attached hydrogens (primary N) is 1. The van der Waals surface area contributed by atoms with E-state index in [1.807, 2.05) is 0 Å². The van der Waals surface area contributed by atoms with E-state index in [1.54, 1.807) is 0 Å². The van der Waals surface area contributed by atoms with E-state index in [1.165, 1.54) is 25.1 Å². The fourth-order valence-corrected chi connectivity index (χ4v) is 1.93. The molecule has 2 aromatic rings. The molecule has 5 nitrogen and oxygen atoms in total. The number of imidazole rings is 1. The van der Waals surface area contributed by atoms with Crippen molar-refractivity contribution < 1.29 is 18.0 Å². The van der Waals surface area contributed by atoms with Gasteiger partial charge >= 0.3 is 6.18 Å². The first-order chi connectivity index (χ1) is 9.29. The molecule has 3 N–H and O–H groups in total. The molecule has 0 aliphatic heterocycles. The van der Waals surface area contributed by atoms with Crippen molar-refractivity contribution in [2.24, 2.45) is 0 Å². The number of hydrogen-bond acceptors (Lipinski definition) is 3. The van der Waals surface area contributed by atoms with Gasteiger partial charge in [-0.3, -0.25) is 4.79 Å². The predicted molar refractivity (Wildman–Crippen MR) is 67.8 cm³/mol. The van der Waals surface area contributed by atoms with Gasteiger partial charge in [0, 0.05) is 25.7 Å². The molecule has 1 heterocycles. The fraction of sp³-hybridized carbons (Fsp3) is 0.333. The minimum absolute atomic E-state index is 0.0190. The Labute approximate surface area is 112 Å². The zero-order valence-electron chi connectivity index (χ0n) is 10.7. The number of amides is 1. The Morgan fingerprint density at radius 3 is 2.75 bits per heavy atom. The summed E-state index contributed by atoms with van der Waals surface area (Å²) in [7, 11) is 0. The van der Waals surface area contributed by atoms with Crippen molar-refractivity contribution in [2.75, 3.05) is 12.3 Å². The zero-order valence-corrected chi connectivity index (χ0v) is 10.7. The molecule has 0 aliphatic carbocycles. The van der Waals surface area contributed by atoms with E-state index in [0.29, 0.717) is 11.2 Å². The number of anilines is 1. The van der Waals surface area contributed by atoms with Crippen LogP contribution in [0.1, 0.15) is 12.7 Å². The van der Waals surface area contributed by atoms with Crippen molar-refractivity contribution in [3.05, 3.63) is 24.0 Å². The molecule has 108 valence electrons. The molecule has 2 rings (SSSR count). The van der Waals surface area contributed by atoms with Gasteiger partial charge in [-0.05, 0) is 18.2 Å². The maximum absolute atomic E-state index is 13.0. The number of aromatic nitrogens is 2. The summed E-state index contributed by atoms with van der Waals surface area (Å²) in [5.74, 6) is -1.30. The van der Waals surface area contributed by atoms with E-state index in [-0.39, 0.29) is 24.5 Å². The Hall–Kier alpha value is -2.25. The van der Waals surface area contributed by atoms with Gasteiger partial charge < -0.3 is 15.6 Å². The third-order valence-electron chi connectivity index (χ3n) is 2.74. The second-order valence-electron chi connectivity index (χ2n) is 4.32. The first-order valence-electron chi connectivity index (χ1n) is 5.86. The number of nitrogens with one attached hydrogen (secondary N) is 1. The second-order valence-corrected chi connectivity index (χ2v) is 4.32. The number of rotatable bonds is 3. The second kappa shape index (κ2) is 5.03. The summed E-state index contributed by atoms with van der Waals surface area (Å²) < 4.78 is 39.9. The zero-order chi connectivity index (χ0) is 14.9. The quantitative estimate of drug-likeness (QED) is 0.845. The number of fused-ring (bicyclic) bond motifs is 1. The van der Waals surface area contributed by atoms with Gasteiger partial charge in [0.1, 0.15) is 0 Å². The summed E-state index contributed by atoms with van der Waals surface area (Å²) in [5.41, 5.74) is 6.40. The highest BCUT2D eigenvalue weighted by atomic mass is 19.4. The molecule has 0 bridgehead atoms. The molecule has 1 aromatic heterocycles. The number of hydrogen-bond donors (Lipinski definition) is 2. The summed E-state index contributed by atoms with van der Waals surface area (Å²) in [6, 6.07) is 4.39. The van der Waals surface area contributed by atoms with E-state index < -0.39 is 12.0 Å². The average Bonchev–Trinajstić information content (AvgIpc) is 2.66. The van der Waals surface area contributed by atoms with Gasteiger partial charge in [0.15, 0.2) is 0 Å². The van der Waals surface area contributed by atoms with E-state index in [9.17, 15) is 18.0 Å². The Morgan fingerprint density at radius 1 is 1.45 bits per heavy atom. The molecule has 0 atom stereocenters. The molecule has 0 aliphatic rings. The van der Waals surface area contributed by atoms with E-state index in [2.05, 4.69) is 10.3 Å². The average molecular weight is 286 g/mol. The van der Waals surface area contributed by atoms with Crippen LogP contribution in [0.15, 0.2) is 18.2 Å². The molecule has 0 saturated heterocycles. The van der Waals surface area contributed by atoms with Crippen LogP contribution in [0.25, 0.3) is 11.0 Å². The molecule has 1 amide bonds. The van der Waals surface area contributed by atoms with Crippen LogP contribution < -0.4 is 11.1 Å². The van der Waals surface area contributed by atoms with Crippen LogP contribution in [0.5, 0.6) is 0 Å². The van der Waals surface area contributed by atoms with Crippen molar-refractivity contribution in [3.63, 3.8) is 0 Å². The Bertz CT molecular complexity index is 648. The molecular weight excluding hydrogens is 273 g/mol. The number of nitrogens with zero attached hydrogens (tertiary/aromatic N) is 2. The van der Waals surface area contributed by atoms with Crippen LogP contribution in [0.4, 0.5) is 18.9 Å². The number of carbonyl (C=O) groups is 1. The summed E-state index contributed by atoms with van der Waals surface area (Å²) in [6.07, 6.45) is -4.57. The highest BCUT2D eigenvalue weighted by Gasteiger charge is 2.37. The fourth-order valence-electron chi connectivity index (χ4n) is 1.93. The van der Waals surface area contributed by atoms with Gasteiger partial charge in [-0.25, -0.2) is 4.98 Å². The van der Waals surface area contributed by atoms with Gasteiger partial charge in [-0.15, -0.1) is 0 Å². The van der Waals surface area contributed by atoms with Crippen LogP contribution in [0.2, 0.25) is 0 Å². The Balaban J connectivity index is 2.45. The number of carbonyl (C=O) groups excluding carboxylic acids is 1. The normalized spacial score (nSPS) is 11.8. The molecule has 0 saturated carbocycles. The largest absolute Gasteiger partial charge is 0.449 e. The first kappa shape index (κ1) is 14.2. The van der Waals surface area contributed by atoms with Gasteiger partial charge in [0.2, 0.25) is 11.7 Å². The van der Waals surface area contributed by atoms with Gasteiger partial charge in [-0.1, -0.05) is 0 Å². The molecule has 8 heteroatoms. The summed E-state index contributed by atoms with van der Waals surface area (Å²) in [6.45, 7) is 1.38. The molecule has 20 heavy (non-hydrogen) atoms. The van der Waals surface area contributed by atoms with Crippen LogP contribution in [-0.2, 0) is 17.5 Å². The van der Waals surface area contributed by atoms with Crippen molar-refractivity contribution >= 4 is 22.6 Å². The lowest BCUT2D eigenvalue weighted by Crippen LogP contribution is -2.26.